The molecule has 0 aliphatic carbocycles. The first-order chi connectivity index (χ1) is 8.30. The molecule has 0 spiro atoms. The summed E-state index contributed by atoms with van der Waals surface area (Å²) in [5.74, 6) is 1.71. The number of rotatable bonds is 3. The van der Waals surface area contributed by atoms with Gasteiger partial charge in [-0.15, -0.1) is 0 Å². The van der Waals surface area contributed by atoms with Gasteiger partial charge in [0.25, 0.3) is 0 Å². The highest BCUT2D eigenvalue weighted by Gasteiger charge is 2.19. The van der Waals surface area contributed by atoms with E-state index in [1.54, 1.807) is 21.3 Å². The zero-order valence-corrected chi connectivity index (χ0v) is 10.1. The molecule has 90 valence electrons. The molecule has 1 N–H and O–H groups in total. The summed E-state index contributed by atoms with van der Waals surface area (Å²) in [4.78, 5) is 0. The van der Waals surface area contributed by atoms with Crippen LogP contribution in [-0.2, 0) is 14.2 Å². The molecule has 0 saturated carbocycles. The van der Waals surface area contributed by atoms with Crippen LogP contribution in [0, 0.1) is 0 Å². The predicted octanol–water partition coefficient (Wildman–Crippen LogP) is 2.56. The lowest BCUT2D eigenvalue weighted by Gasteiger charge is -2.13. The van der Waals surface area contributed by atoms with Crippen LogP contribution >= 0.6 is 0 Å². The van der Waals surface area contributed by atoms with Gasteiger partial charge in [-0.05, 0) is 12.1 Å². The Hall–Kier alpha value is -2.10. The molecule has 1 aliphatic rings. The fourth-order valence-electron chi connectivity index (χ4n) is 1.72. The Morgan fingerprint density at radius 3 is 2.35 bits per heavy atom. The van der Waals surface area contributed by atoms with Crippen LogP contribution in [0.1, 0.15) is 5.56 Å². The van der Waals surface area contributed by atoms with Gasteiger partial charge in [-0.2, -0.15) is 0 Å². The van der Waals surface area contributed by atoms with Gasteiger partial charge in [-0.1, -0.05) is 18.2 Å². The Bertz CT molecular complexity index is 477. The first-order valence-electron chi connectivity index (χ1n) is 5.24. The van der Waals surface area contributed by atoms with Crippen molar-refractivity contribution in [2.45, 2.75) is 0 Å². The maximum Gasteiger partial charge on any atom is 0.238 e. The first-order valence-corrected chi connectivity index (χ1v) is 5.24. The third kappa shape index (κ3) is 2.06. The molecule has 0 atom stereocenters. The van der Waals surface area contributed by atoms with Gasteiger partial charge in [0.05, 0.1) is 21.3 Å². The summed E-state index contributed by atoms with van der Waals surface area (Å²) in [6.07, 6.45) is 1.91. The van der Waals surface area contributed by atoms with Crippen molar-refractivity contribution in [1.29, 1.82) is 0 Å². The molecule has 17 heavy (non-hydrogen) atoms. The van der Waals surface area contributed by atoms with Crippen molar-refractivity contribution < 1.29 is 14.2 Å². The quantitative estimate of drug-likeness (QED) is 0.871. The number of methoxy groups -OCH3 is 3. The number of fused-ring (bicyclic) bond motifs is 1. The Balaban J connectivity index is 2.57. The molecule has 0 saturated heterocycles. The van der Waals surface area contributed by atoms with Crippen molar-refractivity contribution in [3.63, 3.8) is 0 Å². The molecule has 4 heteroatoms. The van der Waals surface area contributed by atoms with E-state index < -0.39 is 0 Å². The van der Waals surface area contributed by atoms with Gasteiger partial charge < -0.3 is 19.5 Å². The van der Waals surface area contributed by atoms with Gasteiger partial charge in [0, 0.05) is 11.3 Å². The Morgan fingerprint density at radius 1 is 0.941 bits per heavy atom. The molecule has 0 aromatic heterocycles. The van der Waals surface area contributed by atoms with Crippen molar-refractivity contribution >= 4 is 11.8 Å². The second-order valence-corrected chi connectivity index (χ2v) is 3.49. The van der Waals surface area contributed by atoms with Crippen LogP contribution in [0.15, 0.2) is 41.7 Å². The summed E-state index contributed by atoms with van der Waals surface area (Å²) in [6.45, 7) is 0. The smallest absolute Gasteiger partial charge is 0.238 e. The third-order valence-electron chi connectivity index (χ3n) is 2.55. The van der Waals surface area contributed by atoms with Gasteiger partial charge in [0.15, 0.2) is 5.76 Å². The predicted molar refractivity (Wildman–Crippen MR) is 66.1 cm³/mol. The van der Waals surface area contributed by atoms with Crippen LogP contribution < -0.4 is 5.32 Å². The lowest BCUT2D eigenvalue weighted by molar-refractivity contribution is 0.190. The molecule has 0 unspecified atom stereocenters. The topological polar surface area (TPSA) is 39.7 Å². The van der Waals surface area contributed by atoms with Crippen LogP contribution in [0.5, 0.6) is 0 Å². The number of para-hydroxylation sites is 1. The summed E-state index contributed by atoms with van der Waals surface area (Å²) < 4.78 is 15.9. The molecular weight excluding hydrogens is 218 g/mol. The highest BCUT2D eigenvalue weighted by Crippen LogP contribution is 2.29. The average molecular weight is 233 g/mol. The van der Waals surface area contributed by atoms with E-state index in [4.69, 9.17) is 14.2 Å². The normalized spacial score (nSPS) is 14.2. The van der Waals surface area contributed by atoms with Crippen LogP contribution in [0.2, 0.25) is 0 Å². The minimum atomic E-state index is 0.533. The van der Waals surface area contributed by atoms with Crippen molar-refractivity contribution in [2.24, 2.45) is 0 Å². The molecule has 2 rings (SSSR count). The van der Waals surface area contributed by atoms with Gasteiger partial charge in [0.1, 0.15) is 0 Å². The lowest BCUT2D eigenvalue weighted by atomic mass is 10.1. The summed E-state index contributed by atoms with van der Waals surface area (Å²) in [5, 5.41) is 3.17. The van der Waals surface area contributed by atoms with Crippen molar-refractivity contribution in [3.05, 3.63) is 47.2 Å². The molecule has 1 aliphatic heterocycles. The van der Waals surface area contributed by atoms with Gasteiger partial charge >= 0.3 is 0 Å². The average Bonchev–Trinajstić information content (AvgIpc) is 2.53. The van der Waals surface area contributed by atoms with E-state index >= 15 is 0 Å². The standard InChI is InChI=1S/C13H15NO3/c1-15-11-8-9-6-4-5-7-10(9)14-13(17-3)12(11)16-2/h4-8,14H,1-3H3. The summed E-state index contributed by atoms with van der Waals surface area (Å²) in [5.41, 5.74) is 1.97. The summed E-state index contributed by atoms with van der Waals surface area (Å²) >= 11 is 0. The van der Waals surface area contributed by atoms with Crippen LogP contribution in [0.25, 0.3) is 6.08 Å². The van der Waals surface area contributed by atoms with Crippen molar-refractivity contribution in [1.82, 2.24) is 0 Å². The minimum Gasteiger partial charge on any atom is -0.493 e. The van der Waals surface area contributed by atoms with E-state index in [1.165, 1.54) is 0 Å². The van der Waals surface area contributed by atoms with E-state index in [0.29, 0.717) is 17.4 Å². The molecule has 1 aromatic carbocycles. The maximum absolute atomic E-state index is 5.32. The SMILES string of the molecule is COC1=Cc2ccccc2NC(OC)=C1OC. The molecule has 1 aromatic rings. The second-order valence-electron chi connectivity index (χ2n) is 3.49. The number of hydrogen-bond donors (Lipinski definition) is 1. The van der Waals surface area contributed by atoms with E-state index in [9.17, 15) is 0 Å². The largest absolute Gasteiger partial charge is 0.493 e. The Kier molecular flexibility index (Phi) is 3.23. The van der Waals surface area contributed by atoms with Crippen LogP contribution in [0.3, 0.4) is 0 Å². The molecule has 0 bridgehead atoms. The van der Waals surface area contributed by atoms with E-state index in [1.807, 2.05) is 30.3 Å². The number of ether oxygens (including phenoxy) is 3. The molecular formula is C13H15NO3. The van der Waals surface area contributed by atoms with Crippen molar-refractivity contribution in [3.8, 4) is 0 Å². The van der Waals surface area contributed by atoms with Crippen molar-refractivity contribution in [2.75, 3.05) is 26.6 Å². The zero-order valence-electron chi connectivity index (χ0n) is 10.1. The molecule has 4 nitrogen and oxygen atoms in total. The zero-order chi connectivity index (χ0) is 12.3. The second kappa shape index (κ2) is 4.82. The van der Waals surface area contributed by atoms with Crippen LogP contribution in [0.4, 0.5) is 5.69 Å². The summed E-state index contributed by atoms with van der Waals surface area (Å²) in [6, 6.07) is 7.88. The minimum absolute atomic E-state index is 0.533. The van der Waals surface area contributed by atoms with E-state index in [2.05, 4.69) is 5.32 Å². The third-order valence-corrected chi connectivity index (χ3v) is 2.55. The fraction of sp³-hybridized carbons (Fsp3) is 0.231. The number of anilines is 1. The maximum atomic E-state index is 5.32. The van der Waals surface area contributed by atoms with E-state index in [0.717, 1.165) is 11.3 Å². The Morgan fingerprint density at radius 2 is 1.71 bits per heavy atom. The molecule has 1 heterocycles. The number of hydrogen-bond acceptors (Lipinski definition) is 4. The van der Waals surface area contributed by atoms with Crippen LogP contribution in [-0.4, -0.2) is 21.3 Å². The number of nitrogens with one attached hydrogen (secondary N) is 1. The van der Waals surface area contributed by atoms with E-state index in [-0.39, 0.29) is 0 Å². The lowest BCUT2D eigenvalue weighted by Crippen LogP contribution is -2.08. The van der Waals surface area contributed by atoms with Gasteiger partial charge in [-0.3, -0.25) is 0 Å². The monoisotopic (exact) mass is 233 g/mol. The highest BCUT2D eigenvalue weighted by atomic mass is 16.5. The summed E-state index contributed by atoms with van der Waals surface area (Å²) in [7, 11) is 4.77. The molecule has 0 amide bonds. The van der Waals surface area contributed by atoms with Gasteiger partial charge in [-0.25, -0.2) is 0 Å². The first kappa shape index (κ1) is 11.4. The Labute approximate surface area is 100 Å². The highest BCUT2D eigenvalue weighted by molar-refractivity contribution is 5.72. The fourth-order valence-corrected chi connectivity index (χ4v) is 1.72. The van der Waals surface area contributed by atoms with Gasteiger partial charge in [0.2, 0.25) is 11.6 Å². The molecule has 0 fully saturated rings. The number of benzene rings is 1. The molecule has 0 radical (unpaired) electrons.